The third-order valence-electron chi connectivity index (χ3n) is 12.3. The van der Waals surface area contributed by atoms with Crippen LogP contribution in [0.25, 0.3) is 0 Å². The van der Waals surface area contributed by atoms with E-state index in [0.29, 0.717) is 33.2 Å². The lowest BCUT2D eigenvalue weighted by Gasteiger charge is -2.50. The second kappa shape index (κ2) is 16.0. The van der Waals surface area contributed by atoms with Gasteiger partial charge in [0.25, 0.3) is 11.8 Å². The standard InChI is InChI=1S/C43H38Cl2N6O11/c1-47(2)38-33(50(57)58)19-24(20-34(38)51(59)60)48-39(53)28-14-13-26-29(36(28)41(48)55)21-30-40(54)49(46-32-15-10-23(44)18-31(32)45)42(56)43(30,22-8-11-25(61-3)12-9-22)37(26)27-6-4-5-7-35(27)62-17-16-52/h4-13,15,18-20,28-30,36-37,46,52H,14,16-17,21H2,1-3H3/t28-,29+,30-,36-,37+,43+/m0/s1. The van der Waals surface area contributed by atoms with Crippen LogP contribution in [0, 0.1) is 43.9 Å². The fraction of sp³-hybridized carbons (Fsp3) is 0.302. The number of carbonyl (C=O) groups is 4. The number of hydrazine groups is 1. The van der Waals surface area contributed by atoms with Crippen LogP contribution in [0.15, 0.2) is 90.5 Å². The summed E-state index contributed by atoms with van der Waals surface area (Å²) in [6.45, 7) is -0.450. The third-order valence-corrected chi connectivity index (χ3v) is 12.9. The van der Waals surface area contributed by atoms with Crippen LogP contribution in [0.4, 0.5) is 28.4 Å². The quantitative estimate of drug-likeness (QED) is 0.0679. The zero-order valence-electron chi connectivity index (χ0n) is 33.3. The summed E-state index contributed by atoms with van der Waals surface area (Å²) >= 11 is 12.7. The first-order chi connectivity index (χ1) is 29.6. The van der Waals surface area contributed by atoms with Gasteiger partial charge in [0.1, 0.15) is 18.1 Å². The fourth-order valence-electron chi connectivity index (χ4n) is 9.90. The van der Waals surface area contributed by atoms with Crippen molar-refractivity contribution >= 4 is 75.3 Å². The molecule has 0 bridgehead atoms. The molecule has 2 aliphatic heterocycles. The maximum Gasteiger partial charge on any atom is 0.301 e. The van der Waals surface area contributed by atoms with Crippen LogP contribution in [0.3, 0.4) is 0 Å². The molecule has 2 N–H and O–H groups in total. The first-order valence-electron chi connectivity index (χ1n) is 19.4. The molecule has 0 spiro atoms. The van der Waals surface area contributed by atoms with E-state index in [0.717, 1.165) is 22.0 Å². The van der Waals surface area contributed by atoms with E-state index in [1.165, 1.54) is 44.3 Å². The molecule has 4 aromatic carbocycles. The van der Waals surface area contributed by atoms with Crippen molar-refractivity contribution in [3.63, 3.8) is 0 Å². The van der Waals surface area contributed by atoms with Crippen LogP contribution in [-0.2, 0) is 24.6 Å². The van der Waals surface area contributed by atoms with E-state index in [-0.39, 0.29) is 48.1 Å². The van der Waals surface area contributed by atoms with Crippen LogP contribution in [0.2, 0.25) is 10.0 Å². The Morgan fingerprint density at radius 1 is 0.903 bits per heavy atom. The van der Waals surface area contributed by atoms with Gasteiger partial charge < -0.3 is 19.5 Å². The number of benzene rings is 4. The lowest BCUT2D eigenvalue weighted by Crippen LogP contribution is -2.53. The molecule has 4 aliphatic rings. The monoisotopic (exact) mass is 884 g/mol. The van der Waals surface area contributed by atoms with Crippen LogP contribution >= 0.6 is 23.2 Å². The van der Waals surface area contributed by atoms with Crippen molar-refractivity contribution in [3.8, 4) is 11.5 Å². The Bertz CT molecular complexity index is 2570. The summed E-state index contributed by atoms with van der Waals surface area (Å²) in [5.74, 6) is -7.28. The Morgan fingerprint density at radius 3 is 2.19 bits per heavy atom. The summed E-state index contributed by atoms with van der Waals surface area (Å²) in [6, 6.07) is 20.1. The number of methoxy groups -OCH3 is 1. The highest BCUT2D eigenvalue weighted by atomic mass is 35.5. The minimum absolute atomic E-state index is 0.0124. The van der Waals surface area contributed by atoms with E-state index in [1.807, 2.05) is 0 Å². The van der Waals surface area contributed by atoms with E-state index in [9.17, 15) is 34.9 Å². The number of halogens is 2. The Balaban J connectivity index is 1.33. The SMILES string of the molecule is COc1ccc([C@@]23C(=O)N(Nc4ccc(Cl)cc4Cl)C(=O)[C@@H]2C[C@@H]2C(=CC[C@@H]4C(=O)N(c5cc([N+](=O)[O-])c(N(C)C)c([N+](=O)[O-])c5)C(=O)[C@@H]42)[C@@H]3c2ccccc2OCCO)cc1. The van der Waals surface area contributed by atoms with Gasteiger partial charge in [0, 0.05) is 42.7 Å². The van der Waals surface area contributed by atoms with Crippen molar-refractivity contribution in [3.05, 3.63) is 132 Å². The van der Waals surface area contributed by atoms with Crippen LogP contribution in [0.1, 0.15) is 29.9 Å². The van der Waals surface area contributed by atoms with Crippen molar-refractivity contribution in [1.82, 2.24) is 5.01 Å². The number of amides is 4. The summed E-state index contributed by atoms with van der Waals surface area (Å²) in [5.41, 5.74) is 0.852. The van der Waals surface area contributed by atoms with Crippen molar-refractivity contribution < 1.29 is 43.6 Å². The number of rotatable bonds is 12. The van der Waals surface area contributed by atoms with Gasteiger partial charge in [0.2, 0.25) is 11.8 Å². The summed E-state index contributed by atoms with van der Waals surface area (Å²) in [6.07, 6.45) is 1.68. The van der Waals surface area contributed by atoms with Gasteiger partial charge in [-0.3, -0.25) is 44.8 Å². The molecule has 6 atom stereocenters. The number of nitro benzene ring substituents is 2. The molecule has 2 heterocycles. The van der Waals surface area contributed by atoms with Crippen LogP contribution in [0.5, 0.6) is 11.5 Å². The van der Waals surface area contributed by atoms with E-state index >= 15 is 9.59 Å². The average Bonchev–Trinajstić information content (AvgIpc) is 3.63. The first kappa shape index (κ1) is 42.1. The largest absolute Gasteiger partial charge is 0.497 e. The normalized spacial score (nSPS) is 24.0. The van der Waals surface area contributed by atoms with E-state index in [1.54, 1.807) is 54.6 Å². The highest BCUT2D eigenvalue weighted by molar-refractivity contribution is 6.36. The summed E-state index contributed by atoms with van der Waals surface area (Å²) in [5, 5.41) is 35.8. The summed E-state index contributed by atoms with van der Waals surface area (Å²) in [7, 11) is 4.29. The van der Waals surface area contributed by atoms with Crippen molar-refractivity contribution in [2.45, 2.75) is 24.2 Å². The molecule has 8 rings (SSSR count). The Hall–Kier alpha value is -6.56. The van der Waals surface area contributed by atoms with Gasteiger partial charge in [0.05, 0.1) is 63.1 Å². The lowest BCUT2D eigenvalue weighted by molar-refractivity contribution is -0.392. The lowest BCUT2D eigenvalue weighted by atomic mass is 9.49. The van der Waals surface area contributed by atoms with Crippen LogP contribution in [-0.4, -0.2) is 78.0 Å². The number of hydrogen-bond acceptors (Lipinski definition) is 13. The van der Waals surface area contributed by atoms with Crippen LogP contribution < -0.4 is 24.7 Å². The zero-order valence-corrected chi connectivity index (χ0v) is 34.8. The number of hydrogen-bond donors (Lipinski definition) is 2. The summed E-state index contributed by atoms with van der Waals surface area (Å²) < 4.78 is 11.6. The molecule has 0 unspecified atom stereocenters. The number of aliphatic hydroxyl groups is 1. The highest BCUT2D eigenvalue weighted by Crippen LogP contribution is 2.65. The van der Waals surface area contributed by atoms with Crippen molar-refractivity contribution in [2.24, 2.45) is 23.7 Å². The number of aliphatic hydroxyl groups excluding tert-OH is 1. The first-order valence-corrected chi connectivity index (χ1v) is 20.2. The molecular weight excluding hydrogens is 847 g/mol. The molecule has 62 heavy (non-hydrogen) atoms. The van der Waals surface area contributed by atoms with Gasteiger partial charge in [-0.05, 0) is 60.7 Å². The average molecular weight is 886 g/mol. The number of anilines is 3. The number of imide groups is 2. The molecule has 4 amide bonds. The second-order valence-corrected chi connectivity index (χ2v) is 16.4. The number of carbonyl (C=O) groups excluding carboxylic acids is 4. The van der Waals surface area contributed by atoms with Gasteiger partial charge >= 0.3 is 11.4 Å². The molecule has 17 nitrogen and oxygen atoms in total. The Labute approximate surface area is 363 Å². The number of ether oxygens (including phenoxy) is 2. The molecule has 0 radical (unpaired) electrons. The molecule has 3 fully saturated rings. The molecule has 0 aromatic heterocycles. The van der Waals surface area contributed by atoms with E-state index in [2.05, 4.69) is 5.43 Å². The van der Waals surface area contributed by atoms with Gasteiger partial charge in [-0.2, -0.15) is 5.01 Å². The number of fused-ring (bicyclic) bond motifs is 4. The Morgan fingerprint density at radius 2 is 1.58 bits per heavy atom. The molecule has 2 saturated heterocycles. The smallest absolute Gasteiger partial charge is 0.301 e. The molecule has 2 aliphatic carbocycles. The highest BCUT2D eigenvalue weighted by Gasteiger charge is 2.71. The maximum absolute atomic E-state index is 15.6. The van der Waals surface area contributed by atoms with Gasteiger partial charge in [-0.15, -0.1) is 0 Å². The van der Waals surface area contributed by atoms with Crippen molar-refractivity contribution in [2.75, 3.05) is 49.6 Å². The zero-order chi connectivity index (χ0) is 44.4. The second-order valence-electron chi connectivity index (χ2n) is 15.6. The molecule has 19 heteroatoms. The van der Waals surface area contributed by atoms with Gasteiger partial charge in [0.15, 0.2) is 5.69 Å². The number of nitrogens with zero attached hydrogens (tertiary/aromatic N) is 5. The Kier molecular flexibility index (Phi) is 10.9. The maximum atomic E-state index is 15.6. The van der Waals surface area contributed by atoms with E-state index < -0.39 is 79.9 Å². The summed E-state index contributed by atoms with van der Waals surface area (Å²) in [4.78, 5) is 85.1. The van der Waals surface area contributed by atoms with Gasteiger partial charge in [-0.1, -0.05) is 65.2 Å². The minimum Gasteiger partial charge on any atom is -0.497 e. The number of para-hydroxylation sites is 1. The topological polar surface area (TPSA) is 215 Å². The minimum atomic E-state index is -1.72. The predicted octanol–water partition coefficient (Wildman–Crippen LogP) is 6.45. The molecule has 320 valence electrons. The number of nitro groups is 2. The number of allylic oxidation sites excluding steroid dienone is 2. The van der Waals surface area contributed by atoms with Crippen molar-refractivity contribution in [1.29, 1.82) is 0 Å². The predicted molar refractivity (Wildman–Crippen MR) is 226 cm³/mol. The fourth-order valence-corrected chi connectivity index (χ4v) is 10.4. The number of nitrogens with one attached hydrogen (secondary N) is 1. The molecule has 1 saturated carbocycles. The molecule has 4 aromatic rings. The third kappa shape index (κ3) is 6.49. The molecular formula is C43H38Cl2N6O11. The van der Waals surface area contributed by atoms with Gasteiger partial charge in [-0.25, -0.2) is 4.90 Å². The van der Waals surface area contributed by atoms with E-state index in [4.69, 9.17) is 32.7 Å².